The van der Waals surface area contributed by atoms with Gasteiger partial charge in [0, 0.05) is 0 Å². The first-order valence-electron chi connectivity index (χ1n) is 8.40. The SMILES string of the molecule is CC1(C)CC(c2ccc(C(F)(F)F)cc2)=C(c2ccc(S(N)(=O)=O)cc2)C1. The van der Waals surface area contributed by atoms with E-state index in [0.717, 1.165) is 47.2 Å². The quantitative estimate of drug-likeness (QED) is 0.787. The molecule has 1 aliphatic rings. The fraction of sp³-hybridized carbons (Fsp3) is 0.300. The maximum atomic E-state index is 12.8. The van der Waals surface area contributed by atoms with Gasteiger partial charge in [0.15, 0.2) is 0 Å². The average Bonchev–Trinajstić information content (AvgIpc) is 2.89. The van der Waals surface area contributed by atoms with E-state index in [1.165, 1.54) is 24.3 Å². The van der Waals surface area contributed by atoms with E-state index in [4.69, 9.17) is 5.14 Å². The Kier molecular flexibility index (Phi) is 4.72. The summed E-state index contributed by atoms with van der Waals surface area (Å²) in [5.74, 6) is 0. The van der Waals surface area contributed by atoms with Gasteiger partial charge in [0.1, 0.15) is 0 Å². The zero-order valence-corrected chi connectivity index (χ0v) is 15.8. The zero-order valence-electron chi connectivity index (χ0n) is 15.0. The number of alkyl halides is 3. The Labute approximate surface area is 156 Å². The van der Waals surface area contributed by atoms with Crippen LogP contribution in [0.4, 0.5) is 13.2 Å². The van der Waals surface area contributed by atoms with Gasteiger partial charge in [0.25, 0.3) is 0 Å². The summed E-state index contributed by atoms with van der Waals surface area (Å²) in [5.41, 5.74) is 2.88. The topological polar surface area (TPSA) is 60.2 Å². The fourth-order valence-corrected chi connectivity index (χ4v) is 4.01. The number of rotatable bonds is 3. The summed E-state index contributed by atoms with van der Waals surface area (Å²) in [4.78, 5) is 0.0280. The highest BCUT2D eigenvalue weighted by Crippen LogP contribution is 2.49. The van der Waals surface area contributed by atoms with E-state index in [-0.39, 0.29) is 10.3 Å². The molecule has 0 saturated carbocycles. The summed E-state index contributed by atoms with van der Waals surface area (Å²) in [6.07, 6.45) is -2.89. The van der Waals surface area contributed by atoms with Crippen molar-refractivity contribution in [2.45, 2.75) is 37.8 Å². The number of nitrogens with two attached hydrogens (primary N) is 1. The molecule has 144 valence electrons. The molecular weight excluding hydrogens is 375 g/mol. The van der Waals surface area contributed by atoms with Crippen LogP contribution in [0.25, 0.3) is 11.1 Å². The summed E-state index contributed by atoms with van der Waals surface area (Å²) in [6.45, 7) is 4.20. The van der Waals surface area contributed by atoms with Crippen molar-refractivity contribution >= 4 is 21.2 Å². The second-order valence-electron chi connectivity index (χ2n) is 7.62. The van der Waals surface area contributed by atoms with E-state index in [9.17, 15) is 21.6 Å². The molecule has 0 saturated heterocycles. The van der Waals surface area contributed by atoms with Gasteiger partial charge in [-0.15, -0.1) is 0 Å². The lowest BCUT2D eigenvalue weighted by atomic mass is 9.87. The highest BCUT2D eigenvalue weighted by Gasteiger charge is 2.33. The number of allylic oxidation sites excluding steroid dienone is 2. The van der Waals surface area contributed by atoms with E-state index in [1.54, 1.807) is 12.1 Å². The Morgan fingerprint density at radius 1 is 0.852 bits per heavy atom. The zero-order chi connectivity index (χ0) is 20.0. The molecular formula is C20H20F3NO2S. The molecule has 0 radical (unpaired) electrons. The highest BCUT2D eigenvalue weighted by atomic mass is 32.2. The number of primary sulfonamides is 1. The molecule has 3 nitrogen and oxygen atoms in total. The number of hydrogen-bond acceptors (Lipinski definition) is 2. The average molecular weight is 395 g/mol. The van der Waals surface area contributed by atoms with Crippen LogP contribution in [-0.4, -0.2) is 8.42 Å². The smallest absolute Gasteiger partial charge is 0.225 e. The monoisotopic (exact) mass is 395 g/mol. The van der Waals surface area contributed by atoms with E-state index < -0.39 is 21.8 Å². The number of halogens is 3. The van der Waals surface area contributed by atoms with E-state index in [0.29, 0.717) is 0 Å². The van der Waals surface area contributed by atoms with Gasteiger partial charge in [0.05, 0.1) is 10.5 Å². The molecule has 1 aliphatic carbocycles. The van der Waals surface area contributed by atoms with Crippen LogP contribution in [0.5, 0.6) is 0 Å². The molecule has 0 spiro atoms. The van der Waals surface area contributed by atoms with Crippen LogP contribution in [0.15, 0.2) is 53.4 Å². The summed E-state index contributed by atoms with van der Waals surface area (Å²) in [5, 5.41) is 5.14. The molecule has 2 aromatic rings. The van der Waals surface area contributed by atoms with Crippen molar-refractivity contribution in [3.8, 4) is 0 Å². The molecule has 0 fully saturated rings. The van der Waals surface area contributed by atoms with E-state index in [1.807, 2.05) is 0 Å². The molecule has 3 rings (SSSR count). The van der Waals surface area contributed by atoms with Crippen LogP contribution >= 0.6 is 0 Å². The second kappa shape index (κ2) is 6.49. The van der Waals surface area contributed by atoms with Crippen LogP contribution < -0.4 is 5.14 Å². The van der Waals surface area contributed by atoms with Crippen molar-refractivity contribution in [3.05, 3.63) is 65.2 Å². The van der Waals surface area contributed by atoms with Gasteiger partial charge in [-0.3, -0.25) is 0 Å². The van der Waals surface area contributed by atoms with Crippen molar-refractivity contribution in [1.82, 2.24) is 0 Å². The lowest BCUT2D eigenvalue weighted by Gasteiger charge is -2.17. The number of hydrogen-bond donors (Lipinski definition) is 1. The molecule has 2 aromatic carbocycles. The summed E-state index contributed by atoms with van der Waals surface area (Å²) in [6, 6.07) is 11.5. The highest BCUT2D eigenvalue weighted by molar-refractivity contribution is 7.89. The van der Waals surface area contributed by atoms with Gasteiger partial charge < -0.3 is 0 Å². The van der Waals surface area contributed by atoms with Crippen LogP contribution in [0.2, 0.25) is 0 Å². The largest absolute Gasteiger partial charge is 0.416 e. The Bertz CT molecular complexity index is 987. The molecule has 0 heterocycles. The molecule has 2 N–H and O–H groups in total. The van der Waals surface area contributed by atoms with Crippen molar-refractivity contribution in [1.29, 1.82) is 0 Å². The third kappa shape index (κ3) is 4.25. The minimum Gasteiger partial charge on any atom is -0.225 e. The standard InChI is InChI=1S/C20H20F3NO2S/c1-19(2)11-17(13-3-7-15(8-4-13)20(21,22)23)18(12-19)14-5-9-16(10-6-14)27(24,25)26/h3-10H,11-12H2,1-2H3,(H2,24,25,26). The Balaban J connectivity index is 2.04. The van der Waals surface area contributed by atoms with Crippen LogP contribution in [-0.2, 0) is 16.2 Å². The lowest BCUT2D eigenvalue weighted by molar-refractivity contribution is -0.137. The molecule has 0 aromatic heterocycles. The summed E-state index contributed by atoms with van der Waals surface area (Å²) >= 11 is 0. The Morgan fingerprint density at radius 3 is 1.63 bits per heavy atom. The van der Waals surface area contributed by atoms with Gasteiger partial charge in [-0.2, -0.15) is 13.2 Å². The maximum absolute atomic E-state index is 12.8. The predicted molar refractivity (Wildman–Crippen MR) is 99.1 cm³/mol. The van der Waals surface area contributed by atoms with Gasteiger partial charge >= 0.3 is 6.18 Å². The number of benzene rings is 2. The van der Waals surface area contributed by atoms with Gasteiger partial charge in [-0.05, 0) is 64.8 Å². The minimum absolute atomic E-state index is 0.0280. The van der Waals surface area contributed by atoms with Crippen LogP contribution in [0.1, 0.15) is 43.4 Å². The molecule has 0 aliphatic heterocycles. The molecule has 0 amide bonds. The van der Waals surface area contributed by atoms with Crippen LogP contribution in [0, 0.1) is 5.41 Å². The van der Waals surface area contributed by atoms with Gasteiger partial charge in [-0.1, -0.05) is 38.1 Å². The Hall–Kier alpha value is -2.12. The first kappa shape index (κ1) is 19.6. The van der Waals surface area contributed by atoms with Crippen molar-refractivity contribution in [2.24, 2.45) is 10.6 Å². The molecule has 0 bridgehead atoms. The van der Waals surface area contributed by atoms with Gasteiger partial charge in [-0.25, -0.2) is 13.6 Å². The lowest BCUT2D eigenvalue weighted by Crippen LogP contribution is -2.11. The Morgan fingerprint density at radius 2 is 1.26 bits per heavy atom. The summed E-state index contributed by atoms with van der Waals surface area (Å²) in [7, 11) is -3.77. The maximum Gasteiger partial charge on any atom is 0.416 e. The number of sulfonamides is 1. The van der Waals surface area contributed by atoms with Crippen molar-refractivity contribution in [3.63, 3.8) is 0 Å². The third-order valence-corrected chi connectivity index (χ3v) is 5.70. The summed E-state index contributed by atoms with van der Waals surface area (Å²) < 4.78 is 61.4. The van der Waals surface area contributed by atoms with Gasteiger partial charge in [0.2, 0.25) is 10.0 Å². The second-order valence-corrected chi connectivity index (χ2v) is 9.18. The first-order chi connectivity index (χ1) is 12.4. The fourth-order valence-electron chi connectivity index (χ4n) is 3.49. The first-order valence-corrected chi connectivity index (χ1v) is 9.94. The third-order valence-electron chi connectivity index (χ3n) is 4.77. The normalized spacial score (nSPS) is 17.4. The van der Waals surface area contributed by atoms with E-state index in [2.05, 4.69) is 13.8 Å². The molecule has 0 atom stereocenters. The predicted octanol–water partition coefficient (Wildman–Crippen LogP) is 5.08. The molecule has 0 unspecified atom stereocenters. The van der Waals surface area contributed by atoms with Crippen LogP contribution in [0.3, 0.4) is 0 Å². The minimum atomic E-state index is -4.37. The molecule has 27 heavy (non-hydrogen) atoms. The van der Waals surface area contributed by atoms with E-state index >= 15 is 0 Å². The molecule has 7 heteroatoms. The van der Waals surface area contributed by atoms with Crippen molar-refractivity contribution in [2.75, 3.05) is 0 Å². The van der Waals surface area contributed by atoms with Crippen molar-refractivity contribution < 1.29 is 21.6 Å².